The van der Waals surface area contributed by atoms with Crippen molar-refractivity contribution in [2.45, 2.75) is 6.42 Å². The molecule has 0 unspecified atom stereocenters. The third kappa shape index (κ3) is 3.80. The monoisotopic (exact) mass is 298 g/mol. The highest BCUT2D eigenvalue weighted by atomic mass is 32.2. The van der Waals surface area contributed by atoms with E-state index in [-0.39, 0.29) is 11.6 Å². The molecule has 0 aliphatic heterocycles. The van der Waals surface area contributed by atoms with Gasteiger partial charge in [0.05, 0.1) is 11.3 Å². The van der Waals surface area contributed by atoms with Crippen LogP contribution in [0.15, 0.2) is 24.4 Å². The number of aromatic amines is 1. The minimum Gasteiger partial charge on any atom is -0.359 e. The Hall–Kier alpha value is -1.40. The zero-order valence-electron chi connectivity index (χ0n) is 11.7. The maximum Gasteiger partial charge on any atom is 0.148 e. The Morgan fingerprint density at radius 1 is 1.30 bits per heavy atom. The van der Waals surface area contributed by atoms with Gasteiger partial charge in [-0.25, -0.2) is 12.8 Å². The summed E-state index contributed by atoms with van der Waals surface area (Å²) in [5, 5.41) is 0.890. The van der Waals surface area contributed by atoms with E-state index in [2.05, 4.69) is 4.98 Å². The molecular formula is C14H19FN2O2S. The first kappa shape index (κ1) is 15.0. The summed E-state index contributed by atoms with van der Waals surface area (Å²) in [7, 11) is -1.04. The number of likely N-dealkylation sites (N-methyl/N-ethyl adjacent to an activating group) is 1. The lowest BCUT2D eigenvalue weighted by Gasteiger charge is -2.15. The van der Waals surface area contributed by atoms with E-state index >= 15 is 0 Å². The molecule has 4 nitrogen and oxygen atoms in total. The maximum absolute atomic E-state index is 13.5. The van der Waals surface area contributed by atoms with Crippen molar-refractivity contribution >= 4 is 20.7 Å². The average Bonchev–Trinajstić information content (AvgIpc) is 2.78. The van der Waals surface area contributed by atoms with Gasteiger partial charge in [0.25, 0.3) is 0 Å². The van der Waals surface area contributed by atoms with Crippen LogP contribution in [0, 0.1) is 5.82 Å². The highest BCUT2D eigenvalue weighted by Crippen LogP contribution is 2.21. The molecule has 0 radical (unpaired) electrons. The van der Waals surface area contributed by atoms with Crippen LogP contribution in [0.2, 0.25) is 0 Å². The summed E-state index contributed by atoms with van der Waals surface area (Å²) < 4.78 is 35.8. The topological polar surface area (TPSA) is 53.2 Å². The Labute approximate surface area is 118 Å². The summed E-state index contributed by atoms with van der Waals surface area (Å²) in [6.45, 7) is 1.24. The number of aromatic nitrogens is 1. The summed E-state index contributed by atoms with van der Waals surface area (Å²) in [6.07, 6.45) is 3.81. The zero-order valence-corrected chi connectivity index (χ0v) is 12.5. The fraction of sp³-hybridized carbons (Fsp3) is 0.429. The number of sulfone groups is 1. The number of hydrogen-bond acceptors (Lipinski definition) is 3. The van der Waals surface area contributed by atoms with Crippen molar-refractivity contribution in [1.29, 1.82) is 0 Å². The number of benzene rings is 1. The molecule has 20 heavy (non-hydrogen) atoms. The minimum absolute atomic E-state index is 0.159. The summed E-state index contributed by atoms with van der Waals surface area (Å²) in [6, 6.07) is 5.02. The second-order valence-electron chi connectivity index (χ2n) is 5.16. The van der Waals surface area contributed by atoms with Gasteiger partial charge < -0.3 is 9.88 Å². The molecule has 1 N–H and O–H groups in total. The predicted molar refractivity (Wildman–Crippen MR) is 79.2 cm³/mol. The van der Waals surface area contributed by atoms with Gasteiger partial charge in [-0.2, -0.15) is 0 Å². The molecule has 110 valence electrons. The smallest absolute Gasteiger partial charge is 0.148 e. The number of fused-ring (bicyclic) bond motifs is 1. The van der Waals surface area contributed by atoms with Crippen molar-refractivity contribution in [3.63, 3.8) is 0 Å². The average molecular weight is 298 g/mol. The molecule has 0 saturated heterocycles. The largest absolute Gasteiger partial charge is 0.359 e. The van der Waals surface area contributed by atoms with Gasteiger partial charge >= 0.3 is 0 Å². The van der Waals surface area contributed by atoms with Crippen LogP contribution in [0.4, 0.5) is 4.39 Å². The van der Waals surface area contributed by atoms with E-state index in [4.69, 9.17) is 0 Å². The van der Waals surface area contributed by atoms with Crippen LogP contribution in [0.3, 0.4) is 0 Å². The molecule has 2 aromatic rings. The quantitative estimate of drug-likeness (QED) is 0.885. The highest BCUT2D eigenvalue weighted by molar-refractivity contribution is 7.90. The normalized spacial score (nSPS) is 12.4. The van der Waals surface area contributed by atoms with Crippen LogP contribution in [-0.4, -0.2) is 50.4 Å². The molecule has 0 atom stereocenters. The van der Waals surface area contributed by atoms with Gasteiger partial charge in [0, 0.05) is 30.9 Å². The molecule has 1 aromatic carbocycles. The van der Waals surface area contributed by atoms with E-state index in [1.165, 1.54) is 12.3 Å². The van der Waals surface area contributed by atoms with Crippen LogP contribution in [0.25, 0.3) is 10.9 Å². The predicted octanol–water partition coefficient (Wildman–Crippen LogP) is 1.83. The Morgan fingerprint density at radius 3 is 2.75 bits per heavy atom. The van der Waals surface area contributed by atoms with Crippen LogP contribution in [0.1, 0.15) is 5.56 Å². The van der Waals surface area contributed by atoms with E-state index in [0.29, 0.717) is 12.1 Å². The second-order valence-corrected chi connectivity index (χ2v) is 7.42. The molecule has 0 amide bonds. The van der Waals surface area contributed by atoms with Crippen molar-refractivity contribution < 1.29 is 12.8 Å². The molecule has 6 heteroatoms. The molecule has 2 rings (SSSR count). The molecule has 1 aromatic heterocycles. The number of nitrogens with one attached hydrogen (secondary N) is 1. The van der Waals surface area contributed by atoms with Crippen LogP contribution in [-0.2, 0) is 16.3 Å². The van der Waals surface area contributed by atoms with Gasteiger partial charge in [-0.1, -0.05) is 12.1 Å². The van der Waals surface area contributed by atoms with Crippen LogP contribution < -0.4 is 0 Å². The number of H-pyrrole nitrogens is 1. The molecule has 1 heterocycles. The summed E-state index contributed by atoms with van der Waals surface area (Å²) in [4.78, 5) is 4.92. The van der Waals surface area contributed by atoms with Gasteiger partial charge in [0.1, 0.15) is 15.7 Å². The molecule has 0 aliphatic rings. The lowest BCUT2D eigenvalue weighted by Crippen LogP contribution is -2.27. The third-order valence-corrected chi connectivity index (χ3v) is 4.28. The lowest BCUT2D eigenvalue weighted by molar-refractivity contribution is 0.358. The van der Waals surface area contributed by atoms with E-state index in [1.54, 1.807) is 6.07 Å². The fourth-order valence-electron chi connectivity index (χ4n) is 2.13. The summed E-state index contributed by atoms with van der Waals surface area (Å²) in [5.74, 6) is -0.0920. The van der Waals surface area contributed by atoms with Gasteiger partial charge in [0.2, 0.25) is 0 Å². The second kappa shape index (κ2) is 5.93. The molecule has 0 aliphatic carbocycles. The van der Waals surface area contributed by atoms with Crippen molar-refractivity contribution in [2.75, 3.05) is 32.1 Å². The SMILES string of the molecule is CN(CCc1c[nH]c2c(F)cccc12)CCS(C)(=O)=O. The first-order valence-electron chi connectivity index (χ1n) is 6.47. The van der Waals surface area contributed by atoms with Gasteiger partial charge in [-0.15, -0.1) is 0 Å². The van der Waals surface area contributed by atoms with E-state index in [0.717, 1.165) is 23.9 Å². The van der Waals surface area contributed by atoms with Crippen molar-refractivity contribution in [2.24, 2.45) is 0 Å². The van der Waals surface area contributed by atoms with Gasteiger partial charge in [-0.3, -0.25) is 0 Å². The molecule has 0 bridgehead atoms. The lowest BCUT2D eigenvalue weighted by atomic mass is 10.1. The first-order chi connectivity index (χ1) is 9.37. The molecule has 0 fully saturated rings. The third-order valence-electron chi connectivity index (χ3n) is 3.36. The van der Waals surface area contributed by atoms with Crippen molar-refractivity contribution in [3.05, 3.63) is 35.8 Å². The fourth-order valence-corrected chi connectivity index (χ4v) is 2.77. The summed E-state index contributed by atoms with van der Waals surface area (Å²) in [5.41, 5.74) is 1.58. The minimum atomic E-state index is -2.93. The Balaban J connectivity index is 1.98. The molecule has 0 saturated carbocycles. The van der Waals surface area contributed by atoms with Crippen molar-refractivity contribution in [1.82, 2.24) is 9.88 Å². The van der Waals surface area contributed by atoms with Crippen molar-refractivity contribution in [3.8, 4) is 0 Å². The molecule has 0 spiro atoms. The maximum atomic E-state index is 13.5. The van der Waals surface area contributed by atoms with E-state index < -0.39 is 9.84 Å². The van der Waals surface area contributed by atoms with Crippen LogP contribution in [0.5, 0.6) is 0 Å². The van der Waals surface area contributed by atoms with Gasteiger partial charge in [-0.05, 0) is 25.1 Å². The molecular weight excluding hydrogens is 279 g/mol. The highest BCUT2D eigenvalue weighted by Gasteiger charge is 2.09. The Bertz CT molecular complexity index is 694. The number of nitrogens with zero attached hydrogens (tertiary/aromatic N) is 1. The first-order valence-corrected chi connectivity index (χ1v) is 8.53. The number of rotatable bonds is 6. The van der Waals surface area contributed by atoms with E-state index in [1.807, 2.05) is 24.2 Å². The zero-order chi connectivity index (χ0) is 14.8. The number of halogens is 1. The Morgan fingerprint density at radius 2 is 2.05 bits per heavy atom. The number of para-hydroxylation sites is 1. The standard InChI is InChI=1S/C14H19FN2O2S/c1-17(8-9-20(2,18)19)7-6-11-10-16-14-12(11)4-3-5-13(14)15/h3-5,10,16H,6-9H2,1-2H3. The van der Waals surface area contributed by atoms with Crippen LogP contribution >= 0.6 is 0 Å². The summed E-state index contributed by atoms with van der Waals surface area (Å²) >= 11 is 0. The van der Waals surface area contributed by atoms with Gasteiger partial charge in [0.15, 0.2) is 0 Å². The number of hydrogen-bond donors (Lipinski definition) is 1. The van der Waals surface area contributed by atoms with E-state index in [9.17, 15) is 12.8 Å². The Kier molecular flexibility index (Phi) is 4.45.